The molecule has 0 unspecified atom stereocenters. The van der Waals surface area contributed by atoms with Gasteiger partial charge in [-0.1, -0.05) is 0 Å². The molecule has 1 aromatic heterocycles. The highest BCUT2D eigenvalue weighted by Gasteiger charge is 2.45. The number of nitro benzene ring substituents is 1. The lowest BCUT2D eigenvalue weighted by Crippen LogP contribution is -2.40. The van der Waals surface area contributed by atoms with Gasteiger partial charge in [0.25, 0.3) is 17.5 Å². The summed E-state index contributed by atoms with van der Waals surface area (Å²) in [5.74, 6) is -2.30. The molecule has 0 bridgehead atoms. The Kier molecular flexibility index (Phi) is 5.76. The van der Waals surface area contributed by atoms with Crippen LogP contribution in [0.3, 0.4) is 0 Å². The molecule has 2 saturated heterocycles. The zero-order valence-corrected chi connectivity index (χ0v) is 20.6. The number of amides is 1. The van der Waals surface area contributed by atoms with Crippen molar-refractivity contribution in [1.82, 2.24) is 9.97 Å². The monoisotopic (exact) mass is 512 g/mol. The fourth-order valence-corrected chi connectivity index (χ4v) is 5.86. The van der Waals surface area contributed by atoms with E-state index in [0.717, 1.165) is 56.5 Å². The van der Waals surface area contributed by atoms with Crippen LogP contribution in [0.5, 0.6) is 0 Å². The number of carbonyl (C=O) groups excluding carboxylic acids is 1. The Bertz CT molecular complexity index is 1250. The molecule has 3 heterocycles. The van der Waals surface area contributed by atoms with Crippen molar-refractivity contribution in [2.45, 2.75) is 63.7 Å². The summed E-state index contributed by atoms with van der Waals surface area (Å²) in [5.41, 5.74) is 3.01. The highest BCUT2D eigenvalue weighted by atomic mass is 19.3. The Hall–Kier alpha value is -3.37. The van der Waals surface area contributed by atoms with E-state index in [1.54, 1.807) is 4.90 Å². The van der Waals surface area contributed by atoms with Crippen molar-refractivity contribution in [3.63, 3.8) is 0 Å². The number of benzene rings is 1. The average molecular weight is 513 g/mol. The lowest BCUT2D eigenvalue weighted by molar-refractivity contribution is -0.384. The zero-order valence-electron chi connectivity index (χ0n) is 20.6. The molecule has 1 amide bonds. The van der Waals surface area contributed by atoms with Gasteiger partial charge in [0, 0.05) is 56.7 Å². The van der Waals surface area contributed by atoms with Crippen LogP contribution in [0.2, 0.25) is 0 Å². The number of nitrogens with one attached hydrogen (secondary N) is 1. The average Bonchev–Trinajstić information content (AvgIpc) is 3.45. The van der Waals surface area contributed by atoms with Gasteiger partial charge in [0.15, 0.2) is 0 Å². The third-order valence-corrected chi connectivity index (χ3v) is 8.49. The lowest BCUT2D eigenvalue weighted by Gasteiger charge is -2.34. The van der Waals surface area contributed by atoms with E-state index in [1.165, 1.54) is 31.0 Å². The van der Waals surface area contributed by atoms with Crippen molar-refractivity contribution in [1.29, 1.82) is 0 Å². The topological polar surface area (TPSA) is 104 Å². The Morgan fingerprint density at radius 3 is 2.35 bits per heavy atom. The third-order valence-electron chi connectivity index (χ3n) is 8.49. The minimum atomic E-state index is -2.68. The number of hydrogen-bond acceptors (Lipinski definition) is 7. The number of hydrogen-bond donors (Lipinski definition) is 1. The van der Waals surface area contributed by atoms with Gasteiger partial charge in [0.1, 0.15) is 5.82 Å². The van der Waals surface area contributed by atoms with Gasteiger partial charge in [-0.05, 0) is 56.4 Å². The number of anilines is 3. The molecule has 4 aliphatic rings. The Morgan fingerprint density at radius 2 is 1.68 bits per heavy atom. The van der Waals surface area contributed by atoms with Gasteiger partial charge in [-0.25, -0.2) is 13.8 Å². The number of fused-ring (bicyclic) bond motifs is 1. The van der Waals surface area contributed by atoms with Crippen molar-refractivity contribution < 1.29 is 18.5 Å². The predicted octanol–water partition coefficient (Wildman–Crippen LogP) is 4.74. The van der Waals surface area contributed by atoms with Crippen LogP contribution in [-0.2, 0) is 12.8 Å². The van der Waals surface area contributed by atoms with E-state index in [2.05, 4.69) is 20.2 Å². The molecule has 2 aliphatic heterocycles. The van der Waals surface area contributed by atoms with Gasteiger partial charge in [-0.3, -0.25) is 14.9 Å². The smallest absolute Gasteiger partial charge is 0.271 e. The van der Waals surface area contributed by atoms with Crippen molar-refractivity contribution in [2.24, 2.45) is 5.41 Å². The maximum Gasteiger partial charge on any atom is 0.271 e. The Balaban J connectivity index is 1.29. The predicted molar refractivity (Wildman–Crippen MR) is 135 cm³/mol. The molecule has 0 radical (unpaired) electrons. The van der Waals surface area contributed by atoms with Crippen molar-refractivity contribution >= 4 is 29.0 Å². The van der Waals surface area contributed by atoms with Crippen LogP contribution in [0.15, 0.2) is 18.2 Å². The van der Waals surface area contributed by atoms with Crippen LogP contribution in [0.25, 0.3) is 0 Å². The Labute approximate surface area is 213 Å². The number of aryl methyl sites for hydroxylation is 1. The van der Waals surface area contributed by atoms with E-state index in [-0.39, 0.29) is 37.5 Å². The molecule has 0 atom stereocenters. The summed E-state index contributed by atoms with van der Waals surface area (Å²) in [6.07, 6.45) is 6.37. The molecule has 2 aromatic rings. The van der Waals surface area contributed by atoms with Gasteiger partial charge >= 0.3 is 0 Å². The molecule has 6 rings (SSSR count). The second-order valence-corrected chi connectivity index (χ2v) is 10.9. The normalized spacial score (nSPS) is 21.6. The van der Waals surface area contributed by atoms with Crippen LogP contribution in [0.1, 0.15) is 66.6 Å². The minimum Gasteiger partial charge on any atom is -0.371 e. The number of halogens is 2. The molecule has 1 N–H and O–H groups in total. The number of alkyl halides is 2. The second kappa shape index (κ2) is 8.88. The number of piperidine rings is 2. The summed E-state index contributed by atoms with van der Waals surface area (Å²) in [6, 6.07) is 4.36. The van der Waals surface area contributed by atoms with Crippen LogP contribution in [-0.4, -0.2) is 52.9 Å². The van der Waals surface area contributed by atoms with E-state index >= 15 is 0 Å². The number of non-ortho nitro benzene ring substituents is 1. The van der Waals surface area contributed by atoms with Crippen molar-refractivity contribution in [3.8, 4) is 0 Å². The van der Waals surface area contributed by atoms with Gasteiger partial charge in [0.05, 0.1) is 21.9 Å². The molecular formula is C26H30F2N6O3. The molecule has 37 heavy (non-hydrogen) atoms. The van der Waals surface area contributed by atoms with Crippen molar-refractivity contribution in [2.75, 3.05) is 41.3 Å². The summed E-state index contributed by atoms with van der Waals surface area (Å²) in [7, 11) is 0. The first-order valence-electron chi connectivity index (χ1n) is 13.1. The summed E-state index contributed by atoms with van der Waals surface area (Å²) in [6.45, 7) is 1.83. The number of carbonyl (C=O) groups is 1. The van der Waals surface area contributed by atoms with E-state index in [4.69, 9.17) is 0 Å². The van der Waals surface area contributed by atoms with E-state index in [1.807, 2.05) is 0 Å². The van der Waals surface area contributed by atoms with Crippen LogP contribution >= 0.6 is 0 Å². The molecule has 11 heteroatoms. The first-order valence-corrected chi connectivity index (χ1v) is 13.1. The number of aromatic nitrogens is 2. The summed E-state index contributed by atoms with van der Waals surface area (Å²) >= 11 is 0. The zero-order chi connectivity index (χ0) is 25.8. The number of nitrogens with zero attached hydrogens (tertiary/aromatic N) is 5. The molecule has 1 spiro atoms. The van der Waals surface area contributed by atoms with E-state index in [0.29, 0.717) is 28.4 Å². The van der Waals surface area contributed by atoms with Gasteiger partial charge in [0.2, 0.25) is 5.95 Å². The van der Waals surface area contributed by atoms with Crippen molar-refractivity contribution in [3.05, 3.63) is 45.1 Å². The Morgan fingerprint density at radius 1 is 0.973 bits per heavy atom. The minimum absolute atomic E-state index is 0.0506. The molecule has 1 saturated carbocycles. The van der Waals surface area contributed by atoms with E-state index < -0.39 is 10.8 Å². The molecule has 9 nitrogen and oxygen atoms in total. The fraction of sp³-hybridized carbons (Fsp3) is 0.577. The first kappa shape index (κ1) is 24.0. The summed E-state index contributed by atoms with van der Waals surface area (Å²) < 4.78 is 27.4. The molecular weight excluding hydrogens is 482 g/mol. The molecule has 196 valence electrons. The lowest BCUT2D eigenvalue weighted by atomic mass is 9.93. The standard InChI is InChI=1S/C26H30F2N6O3/c27-26(28)10-14-33(15-11-26)24-29-20-3-1-2-18(20)22(31-24)30-23(35)19-5-4-17(34(36)37)16-21(19)32-12-8-25(6-7-25)9-13-32/h4-5,16H,1-3,6-15H2,(H,29,30,31,35). The van der Waals surface area contributed by atoms with Gasteiger partial charge in [-0.2, -0.15) is 4.98 Å². The van der Waals surface area contributed by atoms with Gasteiger partial charge < -0.3 is 15.1 Å². The maximum absolute atomic E-state index is 13.7. The summed E-state index contributed by atoms with van der Waals surface area (Å²) in [5, 5.41) is 14.4. The van der Waals surface area contributed by atoms with Crippen LogP contribution in [0, 0.1) is 15.5 Å². The van der Waals surface area contributed by atoms with Crippen LogP contribution in [0.4, 0.5) is 31.9 Å². The van der Waals surface area contributed by atoms with E-state index in [9.17, 15) is 23.7 Å². The third kappa shape index (κ3) is 4.71. The van der Waals surface area contributed by atoms with Crippen LogP contribution < -0.4 is 15.1 Å². The highest BCUT2D eigenvalue weighted by Crippen LogP contribution is 2.54. The quantitative estimate of drug-likeness (QED) is 0.456. The maximum atomic E-state index is 13.7. The molecule has 2 aliphatic carbocycles. The molecule has 1 aromatic carbocycles. The van der Waals surface area contributed by atoms with Gasteiger partial charge in [-0.15, -0.1) is 0 Å². The molecule has 3 fully saturated rings. The summed E-state index contributed by atoms with van der Waals surface area (Å²) in [4.78, 5) is 37.7. The first-order chi connectivity index (χ1) is 17.7. The second-order valence-electron chi connectivity index (χ2n) is 10.9. The number of rotatable bonds is 5. The SMILES string of the molecule is O=C(Nc1nc(N2CCC(F)(F)CC2)nc2c1CCC2)c1ccc([N+](=O)[O-])cc1N1CCC2(CC1)CC2. The highest BCUT2D eigenvalue weighted by molar-refractivity contribution is 6.08. The largest absolute Gasteiger partial charge is 0.371 e. The fourth-order valence-electron chi connectivity index (χ4n) is 5.86. The number of nitro groups is 1.